The van der Waals surface area contributed by atoms with Crippen LogP contribution in [0.1, 0.15) is 16.1 Å². The van der Waals surface area contributed by atoms with Crippen LogP contribution in [0.2, 0.25) is 0 Å². The molecule has 2 aromatic heterocycles. The SMILES string of the molecule is CNC(=O)c1ccc(-c2cc(-n3ccc(C(F)(F)F)n3)c3ccccc3n2)cc1. The second-order valence-corrected chi connectivity index (χ2v) is 6.34. The largest absolute Gasteiger partial charge is 0.435 e. The number of fused-ring (bicyclic) bond motifs is 1. The molecule has 2 heterocycles. The first-order chi connectivity index (χ1) is 13.9. The van der Waals surface area contributed by atoms with Crippen molar-refractivity contribution < 1.29 is 18.0 Å². The quantitative estimate of drug-likeness (QED) is 0.556. The maximum Gasteiger partial charge on any atom is 0.435 e. The summed E-state index contributed by atoms with van der Waals surface area (Å²) in [6.45, 7) is 0. The Morgan fingerprint density at radius 1 is 1.03 bits per heavy atom. The molecule has 29 heavy (non-hydrogen) atoms. The summed E-state index contributed by atoms with van der Waals surface area (Å²) in [6, 6.07) is 16.6. The Hall–Kier alpha value is -3.68. The van der Waals surface area contributed by atoms with Gasteiger partial charge in [-0.15, -0.1) is 0 Å². The van der Waals surface area contributed by atoms with Gasteiger partial charge in [0.2, 0.25) is 0 Å². The summed E-state index contributed by atoms with van der Waals surface area (Å²) < 4.78 is 40.2. The molecule has 0 aliphatic rings. The number of amides is 1. The van der Waals surface area contributed by atoms with Crippen LogP contribution in [0.3, 0.4) is 0 Å². The van der Waals surface area contributed by atoms with Crippen LogP contribution in [0.4, 0.5) is 13.2 Å². The highest BCUT2D eigenvalue weighted by molar-refractivity contribution is 5.94. The van der Waals surface area contributed by atoms with E-state index in [1.807, 2.05) is 6.07 Å². The lowest BCUT2D eigenvalue weighted by Gasteiger charge is -2.11. The van der Waals surface area contributed by atoms with Gasteiger partial charge in [0.15, 0.2) is 5.69 Å². The van der Waals surface area contributed by atoms with E-state index in [9.17, 15) is 18.0 Å². The Kier molecular flexibility index (Phi) is 4.54. The van der Waals surface area contributed by atoms with Crippen molar-refractivity contribution >= 4 is 16.8 Å². The fourth-order valence-corrected chi connectivity index (χ4v) is 3.04. The number of aromatic nitrogens is 3. The highest BCUT2D eigenvalue weighted by atomic mass is 19.4. The lowest BCUT2D eigenvalue weighted by atomic mass is 10.1. The molecule has 8 heteroatoms. The fourth-order valence-electron chi connectivity index (χ4n) is 3.04. The molecule has 0 fully saturated rings. The molecule has 0 saturated carbocycles. The van der Waals surface area contributed by atoms with E-state index in [1.54, 1.807) is 55.6 Å². The van der Waals surface area contributed by atoms with E-state index in [0.29, 0.717) is 27.8 Å². The average molecular weight is 396 g/mol. The Morgan fingerprint density at radius 2 is 1.76 bits per heavy atom. The van der Waals surface area contributed by atoms with Gasteiger partial charge in [-0.1, -0.05) is 30.3 Å². The molecule has 0 bridgehead atoms. The van der Waals surface area contributed by atoms with E-state index in [4.69, 9.17) is 0 Å². The predicted molar refractivity (Wildman–Crippen MR) is 103 cm³/mol. The van der Waals surface area contributed by atoms with E-state index < -0.39 is 11.9 Å². The van der Waals surface area contributed by atoms with Crippen LogP contribution in [-0.4, -0.2) is 27.7 Å². The highest BCUT2D eigenvalue weighted by Gasteiger charge is 2.33. The third kappa shape index (κ3) is 3.56. The van der Waals surface area contributed by atoms with E-state index in [2.05, 4.69) is 15.4 Å². The zero-order chi connectivity index (χ0) is 20.6. The molecule has 0 saturated heterocycles. The number of carbonyl (C=O) groups is 1. The Balaban J connectivity index is 1.85. The van der Waals surface area contributed by atoms with Crippen LogP contribution in [0.15, 0.2) is 66.9 Å². The minimum Gasteiger partial charge on any atom is -0.355 e. The number of hydrogen-bond donors (Lipinski definition) is 1. The summed E-state index contributed by atoms with van der Waals surface area (Å²) >= 11 is 0. The van der Waals surface area contributed by atoms with Crippen LogP contribution in [-0.2, 0) is 6.18 Å². The molecule has 0 aliphatic heterocycles. The second kappa shape index (κ2) is 7.05. The van der Waals surface area contributed by atoms with Crippen molar-refractivity contribution in [3.05, 3.63) is 78.1 Å². The third-order valence-corrected chi connectivity index (χ3v) is 4.49. The molecule has 0 radical (unpaired) electrons. The lowest BCUT2D eigenvalue weighted by molar-refractivity contribution is -0.141. The van der Waals surface area contributed by atoms with Crippen molar-refractivity contribution in [2.24, 2.45) is 0 Å². The predicted octanol–water partition coefficient (Wildman–Crippen LogP) is 4.47. The first-order valence-corrected chi connectivity index (χ1v) is 8.72. The summed E-state index contributed by atoms with van der Waals surface area (Å²) in [4.78, 5) is 16.3. The zero-order valence-electron chi connectivity index (χ0n) is 15.2. The van der Waals surface area contributed by atoms with Crippen LogP contribution in [0.25, 0.3) is 27.8 Å². The van der Waals surface area contributed by atoms with Crippen molar-refractivity contribution in [3.63, 3.8) is 0 Å². The van der Waals surface area contributed by atoms with Gasteiger partial charge in [0.25, 0.3) is 5.91 Å². The summed E-state index contributed by atoms with van der Waals surface area (Å²) in [5, 5.41) is 6.92. The summed E-state index contributed by atoms with van der Waals surface area (Å²) in [5.41, 5.74) is 1.93. The Morgan fingerprint density at radius 3 is 2.41 bits per heavy atom. The highest BCUT2D eigenvalue weighted by Crippen LogP contribution is 2.31. The maximum absolute atomic E-state index is 13.0. The van der Waals surface area contributed by atoms with Crippen molar-refractivity contribution in [1.82, 2.24) is 20.1 Å². The van der Waals surface area contributed by atoms with Crippen LogP contribution in [0.5, 0.6) is 0 Å². The van der Waals surface area contributed by atoms with E-state index >= 15 is 0 Å². The number of halogens is 3. The van der Waals surface area contributed by atoms with Gasteiger partial charge in [-0.25, -0.2) is 9.67 Å². The molecule has 1 amide bonds. The van der Waals surface area contributed by atoms with Gasteiger partial charge in [-0.05, 0) is 30.3 Å². The molecular formula is C21H15F3N4O. The number of alkyl halides is 3. The van der Waals surface area contributed by atoms with Crippen LogP contribution in [0, 0.1) is 0 Å². The minimum absolute atomic E-state index is 0.208. The molecule has 4 rings (SSSR count). The standard InChI is InChI=1S/C21H15F3N4O/c1-25-20(29)14-8-6-13(7-9-14)17-12-18(15-4-2-3-5-16(15)26-17)28-11-10-19(27-28)21(22,23)24/h2-12H,1H3,(H,25,29). The number of nitrogens with one attached hydrogen (secondary N) is 1. The lowest BCUT2D eigenvalue weighted by Crippen LogP contribution is -2.17. The number of pyridine rings is 1. The van der Waals surface area contributed by atoms with Crippen molar-refractivity contribution in [1.29, 1.82) is 0 Å². The number of para-hydroxylation sites is 1. The topological polar surface area (TPSA) is 59.8 Å². The molecule has 146 valence electrons. The number of nitrogens with zero attached hydrogens (tertiary/aromatic N) is 3. The number of hydrogen-bond acceptors (Lipinski definition) is 3. The van der Waals surface area contributed by atoms with E-state index in [1.165, 1.54) is 10.9 Å². The molecule has 5 nitrogen and oxygen atoms in total. The molecule has 4 aromatic rings. The molecule has 0 unspecified atom stereocenters. The van der Waals surface area contributed by atoms with E-state index in [0.717, 1.165) is 11.6 Å². The fraction of sp³-hybridized carbons (Fsp3) is 0.0952. The average Bonchev–Trinajstić information content (AvgIpc) is 3.23. The van der Waals surface area contributed by atoms with E-state index in [-0.39, 0.29) is 5.91 Å². The maximum atomic E-state index is 13.0. The summed E-state index contributed by atoms with van der Waals surface area (Å²) in [6.07, 6.45) is -3.24. The van der Waals surface area contributed by atoms with Gasteiger partial charge in [-0.3, -0.25) is 4.79 Å². The first kappa shape index (κ1) is 18.7. The monoisotopic (exact) mass is 396 g/mol. The van der Waals surface area contributed by atoms with Gasteiger partial charge >= 0.3 is 6.18 Å². The smallest absolute Gasteiger partial charge is 0.355 e. The van der Waals surface area contributed by atoms with Crippen LogP contribution < -0.4 is 5.32 Å². The van der Waals surface area contributed by atoms with Gasteiger partial charge in [0.1, 0.15) is 0 Å². The molecule has 2 aromatic carbocycles. The second-order valence-electron chi connectivity index (χ2n) is 6.34. The van der Waals surface area contributed by atoms with Crippen molar-refractivity contribution in [2.75, 3.05) is 7.05 Å². The van der Waals surface area contributed by atoms with Gasteiger partial charge < -0.3 is 5.32 Å². The van der Waals surface area contributed by atoms with Gasteiger partial charge in [0, 0.05) is 29.8 Å². The Bertz CT molecular complexity index is 1200. The molecule has 0 aliphatic carbocycles. The third-order valence-electron chi connectivity index (χ3n) is 4.49. The number of carbonyl (C=O) groups excluding carboxylic acids is 1. The van der Waals surface area contributed by atoms with Gasteiger partial charge in [-0.2, -0.15) is 18.3 Å². The Labute approximate surface area is 163 Å². The molecule has 0 atom stereocenters. The summed E-state index contributed by atoms with van der Waals surface area (Å²) in [5.74, 6) is -0.208. The summed E-state index contributed by atoms with van der Waals surface area (Å²) in [7, 11) is 1.55. The number of rotatable bonds is 3. The number of benzene rings is 2. The van der Waals surface area contributed by atoms with Crippen molar-refractivity contribution in [3.8, 4) is 16.9 Å². The molecule has 0 spiro atoms. The van der Waals surface area contributed by atoms with Crippen LogP contribution >= 0.6 is 0 Å². The first-order valence-electron chi connectivity index (χ1n) is 8.72. The molecular weight excluding hydrogens is 381 g/mol. The van der Waals surface area contributed by atoms with Crippen molar-refractivity contribution in [2.45, 2.75) is 6.18 Å². The normalized spacial score (nSPS) is 11.6. The molecule has 1 N–H and O–H groups in total. The minimum atomic E-state index is -4.52. The zero-order valence-corrected chi connectivity index (χ0v) is 15.2. The van der Waals surface area contributed by atoms with Gasteiger partial charge in [0.05, 0.1) is 16.9 Å².